The molecule has 2 aromatic heterocycles. The third-order valence-corrected chi connectivity index (χ3v) is 4.56. The third kappa shape index (κ3) is 2.84. The average molecular weight is 380 g/mol. The largest absolute Gasteiger partial charge is 0.505 e. The van der Waals surface area contributed by atoms with Crippen molar-refractivity contribution in [2.45, 2.75) is 0 Å². The van der Waals surface area contributed by atoms with E-state index in [1.54, 1.807) is 44.1 Å². The summed E-state index contributed by atoms with van der Waals surface area (Å²) in [6, 6.07) is 10.9. The lowest BCUT2D eigenvalue weighted by Gasteiger charge is -2.11. The number of rotatable bonds is 5. The number of nitrogens with two attached hydrogens (primary N) is 1. The molecule has 2 aromatic carbocycles. The highest BCUT2D eigenvalue weighted by Crippen LogP contribution is 2.39. The average Bonchev–Trinajstić information content (AvgIpc) is 3.26. The van der Waals surface area contributed by atoms with Crippen LogP contribution in [0.3, 0.4) is 0 Å². The molecule has 4 rings (SSSR count). The quantitative estimate of drug-likeness (QED) is 0.490. The monoisotopic (exact) mass is 380 g/mol. The van der Waals surface area contributed by atoms with Crippen molar-refractivity contribution in [3.05, 3.63) is 42.6 Å². The van der Waals surface area contributed by atoms with E-state index >= 15 is 0 Å². The summed E-state index contributed by atoms with van der Waals surface area (Å²) in [4.78, 5) is 7.72. The molecule has 0 amide bonds. The second kappa shape index (κ2) is 6.73. The molecule has 0 bridgehead atoms. The zero-order valence-corrected chi connectivity index (χ0v) is 15.7. The van der Waals surface area contributed by atoms with Gasteiger partial charge in [0, 0.05) is 24.3 Å². The van der Waals surface area contributed by atoms with Gasteiger partial charge in [-0.3, -0.25) is 4.57 Å². The molecule has 0 saturated heterocycles. The number of nitrogen functional groups attached to an aromatic ring is 1. The molecule has 0 saturated carbocycles. The zero-order valence-electron chi connectivity index (χ0n) is 15.7. The highest BCUT2D eigenvalue weighted by atomic mass is 16.5. The van der Waals surface area contributed by atoms with Crippen molar-refractivity contribution in [3.63, 3.8) is 0 Å². The molecule has 0 spiro atoms. The number of methoxy groups -OCH3 is 3. The molecule has 144 valence electrons. The maximum absolute atomic E-state index is 10.6. The molecule has 8 heteroatoms. The van der Waals surface area contributed by atoms with Crippen LogP contribution < -0.4 is 19.9 Å². The molecule has 4 aromatic rings. The van der Waals surface area contributed by atoms with Gasteiger partial charge in [0.15, 0.2) is 0 Å². The SMILES string of the molecule is COc1cc(OC)cc(-n2cc(O)c(-c3nc4ccc(OC)cc4[nH]3)c2N)c1. The van der Waals surface area contributed by atoms with Crippen molar-refractivity contribution in [1.82, 2.24) is 14.5 Å². The van der Waals surface area contributed by atoms with Gasteiger partial charge in [0.05, 0.1) is 44.2 Å². The van der Waals surface area contributed by atoms with Crippen LogP contribution in [0.15, 0.2) is 42.6 Å². The molecule has 0 aliphatic rings. The van der Waals surface area contributed by atoms with E-state index in [-0.39, 0.29) is 5.75 Å². The van der Waals surface area contributed by atoms with Gasteiger partial charge in [0.25, 0.3) is 0 Å². The summed E-state index contributed by atoms with van der Waals surface area (Å²) in [6.45, 7) is 0. The van der Waals surface area contributed by atoms with E-state index in [1.165, 1.54) is 6.20 Å². The molecular formula is C20H20N4O4. The number of aromatic hydroxyl groups is 1. The number of fused-ring (bicyclic) bond motifs is 1. The minimum Gasteiger partial charge on any atom is -0.505 e. The van der Waals surface area contributed by atoms with Crippen LogP contribution in [0, 0.1) is 0 Å². The summed E-state index contributed by atoms with van der Waals surface area (Å²) in [6.07, 6.45) is 1.53. The number of anilines is 1. The fourth-order valence-corrected chi connectivity index (χ4v) is 3.13. The van der Waals surface area contributed by atoms with Crippen LogP contribution >= 0.6 is 0 Å². The second-order valence-corrected chi connectivity index (χ2v) is 6.18. The molecule has 0 atom stereocenters. The zero-order chi connectivity index (χ0) is 19.8. The van der Waals surface area contributed by atoms with E-state index in [2.05, 4.69) is 9.97 Å². The topological polar surface area (TPSA) is 108 Å². The predicted octanol–water partition coefficient (Wildman–Crippen LogP) is 3.33. The highest BCUT2D eigenvalue weighted by molar-refractivity contribution is 5.86. The molecule has 4 N–H and O–H groups in total. The number of imidazole rings is 1. The first kappa shape index (κ1) is 17.6. The van der Waals surface area contributed by atoms with Crippen LogP contribution in [0.1, 0.15) is 0 Å². The first-order valence-corrected chi connectivity index (χ1v) is 8.51. The van der Waals surface area contributed by atoms with Crippen LogP contribution in [0.5, 0.6) is 23.0 Å². The maximum Gasteiger partial charge on any atom is 0.146 e. The van der Waals surface area contributed by atoms with Gasteiger partial charge >= 0.3 is 0 Å². The Balaban J connectivity index is 1.84. The Bertz CT molecular complexity index is 1140. The van der Waals surface area contributed by atoms with Gasteiger partial charge < -0.3 is 30.0 Å². The Hall–Kier alpha value is -3.81. The molecule has 0 fully saturated rings. The lowest BCUT2D eigenvalue weighted by molar-refractivity contribution is 0.394. The number of aromatic nitrogens is 3. The lowest BCUT2D eigenvalue weighted by atomic mass is 10.2. The molecule has 8 nitrogen and oxygen atoms in total. The number of ether oxygens (including phenoxy) is 3. The minimum absolute atomic E-state index is 0.00491. The van der Waals surface area contributed by atoms with Crippen molar-refractivity contribution in [2.75, 3.05) is 27.1 Å². The lowest BCUT2D eigenvalue weighted by Crippen LogP contribution is -2.01. The van der Waals surface area contributed by atoms with Gasteiger partial charge in [-0.25, -0.2) is 4.98 Å². The van der Waals surface area contributed by atoms with Gasteiger partial charge in [-0.1, -0.05) is 0 Å². The number of nitrogens with zero attached hydrogens (tertiary/aromatic N) is 2. The van der Waals surface area contributed by atoms with Gasteiger partial charge in [0.2, 0.25) is 0 Å². The Labute approximate surface area is 161 Å². The number of hydrogen-bond donors (Lipinski definition) is 3. The predicted molar refractivity (Wildman–Crippen MR) is 107 cm³/mol. The first-order chi connectivity index (χ1) is 13.5. The van der Waals surface area contributed by atoms with Crippen LogP contribution in [-0.4, -0.2) is 41.0 Å². The van der Waals surface area contributed by atoms with E-state index in [0.29, 0.717) is 40.1 Å². The van der Waals surface area contributed by atoms with Crippen molar-refractivity contribution >= 4 is 16.9 Å². The number of nitrogens with one attached hydrogen (secondary N) is 1. The second-order valence-electron chi connectivity index (χ2n) is 6.18. The summed E-state index contributed by atoms with van der Waals surface area (Å²) in [5.74, 6) is 2.73. The third-order valence-electron chi connectivity index (χ3n) is 4.56. The van der Waals surface area contributed by atoms with E-state index in [9.17, 15) is 5.11 Å². The molecular weight excluding hydrogens is 360 g/mol. The van der Waals surface area contributed by atoms with Crippen LogP contribution in [0.4, 0.5) is 5.82 Å². The smallest absolute Gasteiger partial charge is 0.146 e. The molecule has 0 aliphatic carbocycles. The van der Waals surface area contributed by atoms with Crippen LogP contribution in [0.2, 0.25) is 0 Å². The number of aromatic amines is 1. The van der Waals surface area contributed by atoms with Crippen molar-refractivity contribution < 1.29 is 19.3 Å². The fraction of sp³-hybridized carbons (Fsp3) is 0.150. The van der Waals surface area contributed by atoms with Crippen LogP contribution in [0.25, 0.3) is 28.1 Å². The first-order valence-electron chi connectivity index (χ1n) is 8.51. The molecule has 2 heterocycles. The van der Waals surface area contributed by atoms with Gasteiger partial charge in [-0.15, -0.1) is 0 Å². The summed E-state index contributed by atoms with van der Waals surface area (Å²) in [7, 11) is 4.75. The van der Waals surface area contributed by atoms with Crippen molar-refractivity contribution in [1.29, 1.82) is 0 Å². The Kier molecular flexibility index (Phi) is 4.23. The number of H-pyrrole nitrogens is 1. The van der Waals surface area contributed by atoms with E-state index in [0.717, 1.165) is 11.0 Å². The van der Waals surface area contributed by atoms with E-state index in [4.69, 9.17) is 19.9 Å². The highest BCUT2D eigenvalue weighted by Gasteiger charge is 2.20. The standard InChI is InChI=1S/C20H20N4O4/c1-26-12-4-5-15-16(9-12)23-20(22-15)18-17(25)10-24(19(18)21)11-6-13(27-2)8-14(7-11)28-3/h4-10,25H,21H2,1-3H3,(H,22,23). The maximum atomic E-state index is 10.6. The summed E-state index contributed by atoms with van der Waals surface area (Å²) < 4.78 is 17.5. The van der Waals surface area contributed by atoms with Gasteiger partial charge in [-0.05, 0) is 12.1 Å². The van der Waals surface area contributed by atoms with Gasteiger partial charge in [0.1, 0.15) is 40.2 Å². The Morgan fingerprint density at radius 2 is 1.64 bits per heavy atom. The van der Waals surface area contributed by atoms with E-state index < -0.39 is 0 Å². The van der Waals surface area contributed by atoms with Crippen molar-refractivity contribution in [2.24, 2.45) is 0 Å². The fourth-order valence-electron chi connectivity index (χ4n) is 3.13. The molecule has 28 heavy (non-hydrogen) atoms. The number of hydrogen-bond acceptors (Lipinski definition) is 6. The van der Waals surface area contributed by atoms with Gasteiger partial charge in [-0.2, -0.15) is 0 Å². The van der Waals surface area contributed by atoms with E-state index in [1.807, 2.05) is 18.2 Å². The Morgan fingerprint density at radius 1 is 0.964 bits per heavy atom. The van der Waals surface area contributed by atoms with Crippen LogP contribution in [-0.2, 0) is 0 Å². The molecule has 0 radical (unpaired) electrons. The summed E-state index contributed by atoms with van der Waals surface area (Å²) in [5.41, 5.74) is 8.99. The molecule has 0 unspecified atom stereocenters. The number of benzene rings is 2. The minimum atomic E-state index is 0.00491. The van der Waals surface area contributed by atoms with Crippen molar-refractivity contribution in [3.8, 4) is 40.1 Å². The summed E-state index contributed by atoms with van der Waals surface area (Å²) in [5, 5.41) is 10.6. The molecule has 0 aliphatic heterocycles. The normalized spacial score (nSPS) is 11.0. The Morgan fingerprint density at radius 3 is 2.29 bits per heavy atom. The summed E-state index contributed by atoms with van der Waals surface area (Å²) >= 11 is 0.